The molecule has 33 heavy (non-hydrogen) atoms. The van der Waals surface area contributed by atoms with E-state index in [1.807, 2.05) is 0 Å². The van der Waals surface area contributed by atoms with Crippen molar-refractivity contribution in [1.29, 1.82) is 0 Å². The Hall–Kier alpha value is -3.78. The third-order valence-electron chi connectivity index (χ3n) is 6.44. The van der Waals surface area contributed by atoms with Crippen molar-refractivity contribution in [2.45, 2.75) is 25.9 Å². The maximum Gasteiger partial charge on any atom is 0.208 e. The van der Waals surface area contributed by atoms with Crippen molar-refractivity contribution >= 4 is 0 Å². The molecule has 0 N–H and O–H groups in total. The highest BCUT2D eigenvalue weighted by Gasteiger charge is 2.27. The Balaban J connectivity index is 1.37. The molecule has 4 aromatic rings. The summed E-state index contributed by atoms with van der Waals surface area (Å²) in [6.45, 7) is 8.08. The predicted molar refractivity (Wildman–Crippen MR) is 137 cm³/mol. The van der Waals surface area contributed by atoms with E-state index in [1.165, 1.54) is 33.4 Å². The van der Waals surface area contributed by atoms with Gasteiger partial charge in [0.2, 0.25) is 6.67 Å². The molecule has 0 saturated carbocycles. The lowest BCUT2D eigenvalue weighted by atomic mass is 9.95. The Morgan fingerprint density at radius 3 is 1.27 bits per heavy atom. The van der Waals surface area contributed by atoms with Crippen LogP contribution in [-0.2, 0) is 0 Å². The van der Waals surface area contributed by atoms with Crippen LogP contribution in [0, 0.1) is 6.67 Å². The summed E-state index contributed by atoms with van der Waals surface area (Å²) in [5, 5.41) is 0. The number of hydrogen-bond donors (Lipinski definition) is 0. The maximum atomic E-state index is 3.60. The van der Waals surface area contributed by atoms with Crippen LogP contribution in [0.2, 0.25) is 0 Å². The monoisotopic (exact) mass is 428 g/mol. The molecule has 1 heterocycles. The van der Waals surface area contributed by atoms with Gasteiger partial charge in [-0.2, -0.15) is 0 Å². The highest BCUT2D eigenvalue weighted by molar-refractivity contribution is 5.69. The van der Waals surface area contributed by atoms with Gasteiger partial charge in [-0.15, -0.1) is 0 Å². The van der Waals surface area contributed by atoms with Crippen LogP contribution in [0.1, 0.15) is 37.1 Å². The largest absolute Gasteiger partial charge is 0.339 e. The van der Waals surface area contributed by atoms with Crippen LogP contribution in [0.4, 0.5) is 0 Å². The van der Waals surface area contributed by atoms with Gasteiger partial charge in [-0.3, -0.25) is 0 Å². The van der Waals surface area contributed by atoms with E-state index in [2.05, 4.69) is 152 Å². The van der Waals surface area contributed by atoms with Gasteiger partial charge in [-0.1, -0.05) is 109 Å². The molecule has 1 aliphatic rings. The molecular formula is C31H28N2. The number of rotatable bonds is 6. The number of benzene rings is 4. The molecule has 1 aliphatic heterocycles. The highest BCUT2D eigenvalue weighted by Crippen LogP contribution is 2.37. The summed E-state index contributed by atoms with van der Waals surface area (Å²) in [5.74, 6) is 0. The van der Waals surface area contributed by atoms with Crippen LogP contribution in [0.15, 0.2) is 122 Å². The second-order valence-corrected chi connectivity index (χ2v) is 8.47. The van der Waals surface area contributed by atoms with E-state index in [4.69, 9.17) is 0 Å². The van der Waals surface area contributed by atoms with E-state index >= 15 is 0 Å². The fourth-order valence-corrected chi connectivity index (χ4v) is 4.56. The topological polar surface area (TPSA) is 6.48 Å². The molecule has 162 valence electrons. The summed E-state index contributed by atoms with van der Waals surface area (Å²) < 4.78 is 0. The van der Waals surface area contributed by atoms with Gasteiger partial charge in [0.05, 0.1) is 12.1 Å². The zero-order valence-electron chi connectivity index (χ0n) is 19.1. The summed E-state index contributed by atoms with van der Waals surface area (Å²) in [7, 11) is 0. The average molecular weight is 429 g/mol. The Labute approximate surface area is 197 Å². The summed E-state index contributed by atoms with van der Waals surface area (Å²) in [6, 6.07) is 38.9. The maximum absolute atomic E-state index is 3.60. The van der Waals surface area contributed by atoms with Crippen LogP contribution in [0.3, 0.4) is 0 Å². The third kappa shape index (κ3) is 4.29. The number of hydrogen-bond acceptors (Lipinski definition) is 2. The molecule has 0 unspecified atom stereocenters. The van der Waals surface area contributed by atoms with Crippen molar-refractivity contribution in [3.05, 3.63) is 139 Å². The fraction of sp³-hybridized carbons (Fsp3) is 0.129. The molecule has 4 aromatic carbocycles. The molecule has 0 aromatic heterocycles. The highest BCUT2D eigenvalue weighted by atomic mass is 15.4. The second-order valence-electron chi connectivity index (χ2n) is 8.47. The van der Waals surface area contributed by atoms with Crippen molar-refractivity contribution in [2.75, 3.05) is 0 Å². The third-order valence-corrected chi connectivity index (χ3v) is 6.44. The van der Waals surface area contributed by atoms with E-state index in [1.54, 1.807) is 0 Å². The van der Waals surface area contributed by atoms with E-state index in [0.717, 1.165) is 0 Å². The van der Waals surface area contributed by atoms with Gasteiger partial charge in [-0.25, -0.2) is 0 Å². The molecule has 2 nitrogen and oxygen atoms in total. The molecule has 2 heteroatoms. The predicted octanol–water partition coefficient (Wildman–Crippen LogP) is 7.93. The molecule has 2 radical (unpaired) electrons. The number of nitrogens with zero attached hydrogens (tertiary/aromatic N) is 2. The van der Waals surface area contributed by atoms with Crippen molar-refractivity contribution in [3.63, 3.8) is 0 Å². The molecule has 5 rings (SSSR count). The van der Waals surface area contributed by atoms with Gasteiger partial charge >= 0.3 is 0 Å². The zero-order chi connectivity index (χ0) is 22.6. The summed E-state index contributed by atoms with van der Waals surface area (Å²) in [4.78, 5) is 4.37. The molecule has 0 fully saturated rings. The van der Waals surface area contributed by atoms with Gasteiger partial charge in [0.1, 0.15) is 0 Å². The lowest BCUT2D eigenvalue weighted by Gasteiger charge is -2.30. The van der Waals surface area contributed by atoms with Crippen LogP contribution in [-0.4, -0.2) is 9.80 Å². The minimum absolute atomic E-state index is 0.166. The first-order valence-electron chi connectivity index (χ1n) is 11.5. The Morgan fingerprint density at radius 1 is 0.485 bits per heavy atom. The SMILES string of the molecule is C[C@H](c1ccccc1-c1ccccc1)N1[C]N([C@H](C)c2ccccc2-c2ccccc2)C=C1. The van der Waals surface area contributed by atoms with Gasteiger partial charge in [0.25, 0.3) is 0 Å². The minimum Gasteiger partial charge on any atom is -0.339 e. The zero-order valence-corrected chi connectivity index (χ0v) is 19.1. The van der Waals surface area contributed by atoms with E-state index in [0.29, 0.717) is 0 Å². The lowest BCUT2D eigenvalue weighted by molar-refractivity contribution is 0.260. The van der Waals surface area contributed by atoms with Crippen LogP contribution >= 0.6 is 0 Å². The summed E-state index contributed by atoms with van der Waals surface area (Å²) in [5.41, 5.74) is 7.60. The average Bonchev–Trinajstić information content (AvgIpc) is 3.39. The first-order chi connectivity index (χ1) is 16.2. The smallest absolute Gasteiger partial charge is 0.208 e. The van der Waals surface area contributed by atoms with Crippen molar-refractivity contribution < 1.29 is 0 Å². The molecule has 0 saturated heterocycles. The second kappa shape index (κ2) is 9.38. The summed E-state index contributed by atoms with van der Waals surface area (Å²) >= 11 is 0. The quantitative estimate of drug-likeness (QED) is 0.308. The molecular weight excluding hydrogens is 400 g/mol. The molecule has 0 amide bonds. The van der Waals surface area contributed by atoms with Gasteiger partial charge in [-0.05, 0) is 47.2 Å². The standard InChI is InChI=1S/C31H28N2/c1-24(28-17-9-11-19-30(28)26-13-5-3-6-14-26)32-21-22-33(23-32)25(2)29-18-10-12-20-31(29)27-15-7-4-8-16-27/h3-22,24-25H,1-2H3/t24-,25-/m1/s1. The van der Waals surface area contributed by atoms with Crippen molar-refractivity contribution in [1.82, 2.24) is 9.80 Å². The van der Waals surface area contributed by atoms with E-state index in [9.17, 15) is 0 Å². The normalized spacial score (nSPS) is 15.0. The van der Waals surface area contributed by atoms with Crippen molar-refractivity contribution in [3.8, 4) is 22.3 Å². The molecule has 0 aliphatic carbocycles. The molecule has 2 atom stereocenters. The van der Waals surface area contributed by atoms with E-state index < -0.39 is 0 Å². The van der Waals surface area contributed by atoms with Gasteiger partial charge in [0, 0.05) is 12.4 Å². The first kappa shape index (κ1) is 21.1. The first-order valence-corrected chi connectivity index (χ1v) is 11.5. The van der Waals surface area contributed by atoms with Gasteiger partial charge in [0.15, 0.2) is 0 Å². The van der Waals surface area contributed by atoms with Crippen LogP contribution < -0.4 is 0 Å². The molecule has 0 bridgehead atoms. The van der Waals surface area contributed by atoms with Crippen LogP contribution in [0.5, 0.6) is 0 Å². The van der Waals surface area contributed by atoms with E-state index in [-0.39, 0.29) is 12.1 Å². The Bertz CT molecular complexity index is 1130. The lowest BCUT2D eigenvalue weighted by Crippen LogP contribution is -2.25. The Morgan fingerprint density at radius 2 is 0.848 bits per heavy atom. The van der Waals surface area contributed by atoms with Crippen molar-refractivity contribution in [2.24, 2.45) is 0 Å². The Kier molecular flexibility index (Phi) is 5.99. The van der Waals surface area contributed by atoms with Gasteiger partial charge < -0.3 is 9.80 Å². The molecule has 0 spiro atoms. The minimum atomic E-state index is 0.166. The fourth-order valence-electron chi connectivity index (χ4n) is 4.56. The summed E-state index contributed by atoms with van der Waals surface area (Å²) in [6.07, 6.45) is 4.27. The van der Waals surface area contributed by atoms with Crippen LogP contribution in [0.25, 0.3) is 22.3 Å².